The number of hydrogen-bond acceptors (Lipinski definition) is 3. The molecule has 1 unspecified atom stereocenters. The van der Waals surface area contributed by atoms with Gasteiger partial charge in [-0.25, -0.2) is 0 Å². The van der Waals surface area contributed by atoms with E-state index in [-0.39, 0.29) is 0 Å². The summed E-state index contributed by atoms with van der Waals surface area (Å²) >= 11 is 1.91. The number of unbranched alkanes of at least 4 members (excludes halogenated alkanes) is 1. The number of nitrogens with zero attached hydrogens (tertiary/aromatic N) is 2. The largest absolute Gasteiger partial charge is 0.371 e. The van der Waals surface area contributed by atoms with Gasteiger partial charge in [0, 0.05) is 38.9 Å². The van der Waals surface area contributed by atoms with Crippen molar-refractivity contribution in [1.29, 1.82) is 0 Å². The third-order valence-corrected chi connectivity index (χ3v) is 4.95. The van der Waals surface area contributed by atoms with Crippen molar-refractivity contribution in [2.24, 2.45) is 10.9 Å². The summed E-state index contributed by atoms with van der Waals surface area (Å²) < 4.78 is 0. The second-order valence-corrected chi connectivity index (χ2v) is 7.00. The maximum Gasteiger partial charge on any atom is 0.190 e. The topological polar surface area (TPSA) is 39.7 Å². The van der Waals surface area contributed by atoms with Gasteiger partial charge < -0.3 is 15.5 Å². The van der Waals surface area contributed by atoms with Crippen LogP contribution in [0.2, 0.25) is 0 Å². The molecule has 0 aromatic heterocycles. The lowest BCUT2D eigenvalue weighted by molar-refractivity contribution is 0.565. The number of nitrogens with one attached hydrogen (secondary N) is 2. The molecule has 0 saturated carbocycles. The molecule has 1 aliphatic heterocycles. The van der Waals surface area contributed by atoms with Crippen LogP contribution in [0.15, 0.2) is 35.3 Å². The fourth-order valence-corrected chi connectivity index (χ4v) is 3.41. The first kappa shape index (κ1) is 18.0. The molecular formula is C18H30N4S. The Morgan fingerprint density at radius 2 is 2.09 bits per heavy atom. The van der Waals surface area contributed by atoms with Crippen LogP contribution in [0.5, 0.6) is 0 Å². The van der Waals surface area contributed by atoms with Gasteiger partial charge in [0.1, 0.15) is 0 Å². The minimum absolute atomic E-state index is 0.685. The van der Waals surface area contributed by atoms with Crippen LogP contribution in [0.4, 0.5) is 5.69 Å². The lowest BCUT2D eigenvalue weighted by Crippen LogP contribution is -2.40. The molecule has 2 rings (SSSR count). The number of para-hydroxylation sites is 1. The second kappa shape index (κ2) is 10.4. The third kappa shape index (κ3) is 6.34. The highest BCUT2D eigenvalue weighted by Gasteiger charge is 2.22. The van der Waals surface area contributed by atoms with Gasteiger partial charge in [-0.2, -0.15) is 11.8 Å². The van der Waals surface area contributed by atoms with Crippen LogP contribution in [-0.2, 0) is 0 Å². The van der Waals surface area contributed by atoms with Crippen molar-refractivity contribution in [2.75, 3.05) is 50.1 Å². The van der Waals surface area contributed by atoms with Crippen LogP contribution in [0, 0.1) is 5.92 Å². The van der Waals surface area contributed by atoms with Gasteiger partial charge in [0.15, 0.2) is 5.96 Å². The second-order valence-electron chi connectivity index (χ2n) is 6.02. The van der Waals surface area contributed by atoms with Crippen LogP contribution in [0.3, 0.4) is 0 Å². The van der Waals surface area contributed by atoms with Crippen LogP contribution in [0.25, 0.3) is 0 Å². The van der Waals surface area contributed by atoms with Crippen molar-refractivity contribution in [2.45, 2.75) is 19.3 Å². The van der Waals surface area contributed by atoms with E-state index in [9.17, 15) is 0 Å². The van der Waals surface area contributed by atoms with Gasteiger partial charge in [-0.05, 0) is 49.3 Å². The maximum atomic E-state index is 4.32. The first-order chi connectivity index (χ1) is 11.3. The predicted octanol–water partition coefficient (Wildman–Crippen LogP) is 2.82. The van der Waals surface area contributed by atoms with E-state index in [2.05, 4.69) is 57.1 Å². The average Bonchev–Trinajstić information content (AvgIpc) is 3.07. The van der Waals surface area contributed by atoms with Gasteiger partial charge in [0.05, 0.1) is 0 Å². The van der Waals surface area contributed by atoms with Gasteiger partial charge in [0.25, 0.3) is 0 Å². The summed E-state index contributed by atoms with van der Waals surface area (Å²) in [6.45, 7) is 4.27. The Balaban J connectivity index is 1.65. The fourth-order valence-electron chi connectivity index (χ4n) is 2.91. The fraction of sp³-hybridized carbons (Fsp3) is 0.611. The molecule has 0 aliphatic carbocycles. The summed E-state index contributed by atoms with van der Waals surface area (Å²) in [6.07, 6.45) is 5.87. The minimum Gasteiger partial charge on any atom is -0.371 e. The molecular weight excluding hydrogens is 304 g/mol. The van der Waals surface area contributed by atoms with E-state index in [0.29, 0.717) is 5.92 Å². The average molecular weight is 335 g/mol. The molecule has 5 heteroatoms. The molecule has 0 radical (unpaired) electrons. The van der Waals surface area contributed by atoms with Crippen molar-refractivity contribution in [3.8, 4) is 0 Å². The molecule has 1 aliphatic rings. The summed E-state index contributed by atoms with van der Waals surface area (Å²) in [5.74, 6) is 2.86. The molecule has 1 heterocycles. The van der Waals surface area contributed by atoms with Crippen molar-refractivity contribution >= 4 is 23.4 Å². The van der Waals surface area contributed by atoms with E-state index in [1.54, 1.807) is 0 Å². The molecule has 1 atom stereocenters. The molecule has 1 fully saturated rings. The summed E-state index contributed by atoms with van der Waals surface area (Å²) in [7, 11) is 1.85. The molecule has 23 heavy (non-hydrogen) atoms. The van der Waals surface area contributed by atoms with E-state index in [0.717, 1.165) is 32.1 Å². The van der Waals surface area contributed by atoms with E-state index < -0.39 is 0 Å². The van der Waals surface area contributed by atoms with Gasteiger partial charge in [-0.15, -0.1) is 0 Å². The molecule has 0 bridgehead atoms. The Morgan fingerprint density at radius 3 is 2.83 bits per heavy atom. The number of aliphatic imine (C=N–C) groups is 1. The van der Waals surface area contributed by atoms with Crippen LogP contribution < -0.4 is 15.5 Å². The number of hydrogen-bond donors (Lipinski definition) is 2. The number of benzene rings is 1. The Morgan fingerprint density at radius 1 is 1.26 bits per heavy atom. The van der Waals surface area contributed by atoms with Gasteiger partial charge in [-0.1, -0.05) is 18.2 Å². The van der Waals surface area contributed by atoms with E-state index in [1.807, 2.05) is 18.8 Å². The zero-order valence-electron chi connectivity index (χ0n) is 14.4. The van der Waals surface area contributed by atoms with Crippen molar-refractivity contribution in [3.05, 3.63) is 30.3 Å². The van der Waals surface area contributed by atoms with E-state index in [4.69, 9.17) is 0 Å². The van der Waals surface area contributed by atoms with Gasteiger partial charge >= 0.3 is 0 Å². The van der Waals surface area contributed by atoms with Crippen LogP contribution in [0.1, 0.15) is 19.3 Å². The normalized spacial score (nSPS) is 18.3. The summed E-state index contributed by atoms with van der Waals surface area (Å²) in [5.41, 5.74) is 1.34. The number of thioether (sulfide) groups is 1. The quantitative estimate of drug-likeness (QED) is 0.436. The number of guanidine groups is 1. The molecule has 1 saturated heterocycles. The van der Waals surface area contributed by atoms with Crippen LogP contribution >= 0.6 is 11.8 Å². The SMILES string of the molecule is CN=C(NCCCCSC)NCC1CCN(c2ccccc2)C1. The first-order valence-corrected chi connectivity index (χ1v) is 9.96. The monoisotopic (exact) mass is 334 g/mol. The number of anilines is 1. The highest BCUT2D eigenvalue weighted by atomic mass is 32.2. The van der Waals surface area contributed by atoms with Crippen molar-refractivity contribution in [1.82, 2.24) is 10.6 Å². The first-order valence-electron chi connectivity index (χ1n) is 8.57. The summed E-state index contributed by atoms with van der Waals surface area (Å²) in [5, 5.41) is 6.89. The van der Waals surface area contributed by atoms with Gasteiger partial charge in [0.2, 0.25) is 0 Å². The zero-order chi connectivity index (χ0) is 16.3. The number of rotatable bonds is 8. The Labute approximate surface area is 145 Å². The van der Waals surface area contributed by atoms with Crippen LogP contribution in [-0.4, -0.2) is 51.2 Å². The molecule has 1 aromatic carbocycles. The molecule has 0 spiro atoms. The lowest BCUT2D eigenvalue weighted by atomic mass is 10.1. The highest BCUT2D eigenvalue weighted by Crippen LogP contribution is 2.22. The third-order valence-electron chi connectivity index (χ3n) is 4.26. The standard InChI is InChI=1S/C18H30N4S/c1-19-18(20-11-6-7-13-23-2)21-14-16-10-12-22(15-16)17-8-4-3-5-9-17/h3-5,8-9,16H,6-7,10-15H2,1-2H3,(H2,19,20,21). The molecule has 1 aromatic rings. The molecule has 0 amide bonds. The van der Waals surface area contributed by atoms with Crippen molar-refractivity contribution in [3.63, 3.8) is 0 Å². The summed E-state index contributed by atoms with van der Waals surface area (Å²) in [4.78, 5) is 6.80. The minimum atomic E-state index is 0.685. The summed E-state index contributed by atoms with van der Waals surface area (Å²) in [6, 6.07) is 10.7. The lowest BCUT2D eigenvalue weighted by Gasteiger charge is -2.19. The smallest absolute Gasteiger partial charge is 0.190 e. The Bertz CT molecular complexity index is 463. The molecule has 2 N–H and O–H groups in total. The van der Waals surface area contributed by atoms with Crippen molar-refractivity contribution < 1.29 is 0 Å². The highest BCUT2D eigenvalue weighted by molar-refractivity contribution is 7.98. The zero-order valence-corrected chi connectivity index (χ0v) is 15.2. The predicted molar refractivity (Wildman–Crippen MR) is 104 cm³/mol. The molecule has 4 nitrogen and oxygen atoms in total. The Kier molecular flexibility index (Phi) is 8.15. The van der Waals surface area contributed by atoms with E-state index in [1.165, 1.54) is 30.7 Å². The maximum absolute atomic E-state index is 4.32. The van der Waals surface area contributed by atoms with Gasteiger partial charge in [-0.3, -0.25) is 4.99 Å². The Hall–Kier alpha value is -1.36. The van der Waals surface area contributed by atoms with E-state index >= 15 is 0 Å². The molecule has 128 valence electrons.